The molecule has 1 aromatic carbocycles. The molecule has 1 atom stereocenters. The Bertz CT molecular complexity index is 679. The van der Waals surface area contributed by atoms with Gasteiger partial charge in [-0.3, -0.25) is 0 Å². The van der Waals surface area contributed by atoms with Crippen molar-refractivity contribution in [3.05, 3.63) is 29.6 Å². The first-order chi connectivity index (χ1) is 10.0. The highest BCUT2D eigenvalue weighted by Gasteiger charge is 2.35. The third-order valence-corrected chi connectivity index (χ3v) is 5.40. The molecule has 1 aliphatic heterocycles. The standard InChI is InChI=1S/C14H17FN2O3S/c15-12-5-6-14(11(9-12)3-1-7-16)21(19,20)17-8-2-4-13(17)10-18/h5-6,9,13,18H,2,4,7-8,10,16H2. The van der Waals surface area contributed by atoms with Gasteiger partial charge in [0.15, 0.2) is 0 Å². The van der Waals surface area contributed by atoms with Crippen LogP contribution >= 0.6 is 0 Å². The maximum absolute atomic E-state index is 13.3. The minimum Gasteiger partial charge on any atom is -0.395 e. The predicted molar refractivity (Wildman–Crippen MR) is 76.3 cm³/mol. The second kappa shape index (κ2) is 6.54. The number of halogens is 1. The zero-order chi connectivity index (χ0) is 15.5. The Hall–Kier alpha value is -1.46. The normalized spacial score (nSPS) is 19.3. The van der Waals surface area contributed by atoms with Gasteiger partial charge in [-0.2, -0.15) is 4.31 Å². The van der Waals surface area contributed by atoms with Gasteiger partial charge in [0.1, 0.15) is 5.82 Å². The first kappa shape index (κ1) is 15.9. The third kappa shape index (κ3) is 3.24. The number of nitrogens with zero attached hydrogens (tertiary/aromatic N) is 1. The Balaban J connectivity index is 2.49. The van der Waals surface area contributed by atoms with Crippen molar-refractivity contribution in [2.45, 2.75) is 23.8 Å². The van der Waals surface area contributed by atoms with Crippen molar-refractivity contribution in [1.29, 1.82) is 0 Å². The van der Waals surface area contributed by atoms with Gasteiger partial charge in [0, 0.05) is 18.2 Å². The van der Waals surface area contributed by atoms with E-state index in [0.717, 1.165) is 12.1 Å². The van der Waals surface area contributed by atoms with Gasteiger partial charge in [0.25, 0.3) is 0 Å². The van der Waals surface area contributed by atoms with Crippen LogP contribution in [0.4, 0.5) is 4.39 Å². The summed E-state index contributed by atoms with van der Waals surface area (Å²) in [7, 11) is -3.81. The Labute approximate surface area is 123 Å². The zero-order valence-corrected chi connectivity index (χ0v) is 12.2. The van der Waals surface area contributed by atoms with E-state index < -0.39 is 21.9 Å². The second-order valence-electron chi connectivity index (χ2n) is 4.74. The molecule has 0 spiro atoms. The van der Waals surface area contributed by atoms with Crippen LogP contribution < -0.4 is 5.73 Å². The molecular formula is C14H17FN2O3S. The quantitative estimate of drug-likeness (QED) is 0.785. The number of benzene rings is 1. The monoisotopic (exact) mass is 312 g/mol. The highest BCUT2D eigenvalue weighted by atomic mass is 32.2. The smallest absolute Gasteiger partial charge is 0.244 e. The van der Waals surface area contributed by atoms with E-state index in [1.54, 1.807) is 0 Å². The second-order valence-corrected chi connectivity index (χ2v) is 6.60. The van der Waals surface area contributed by atoms with Crippen LogP contribution in [0.5, 0.6) is 0 Å². The molecule has 0 radical (unpaired) electrons. The maximum atomic E-state index is 13.3. The van der Waals surface area contributed by atoms with E-state index in [1.165, 1.54) is 10.4 Å². The lowest BCUT2D eigenvalue weighted by Crippen LogP contribution is -2.37. The van der Waals surface area contributed by atoms with Gasteiger partial charge in [-0.15, -0.1) is 0 Å². The third-order valence-electron chi connectivity index (χ3n) is 3.39. The summed E-state index contributed by atoms with van der Waals surface area (Å²) in [5.74, 6) is 4.57. The molecule has 0 saturated carbocycles. The molecule has 1 heterocycles. The van der Waals surface area contributed by atoms with Crippen LogP contribution in [0.15, 0.2) is 23.1 Å². The van der Waals surface area contributed by atoms with Crippen LogP contribution in [0.1, 0.15) is 18.4 Å². The summed E-state index contributed by atoms with van der Waals surface area (Å²) in [6, 6.07) is 2.94. The number of nitrogens with two attached hydrogens (primary N) is 1. The summed E-state index contributed by atoms with van der Waals surface area (Å²) in [6.45, 7) is 0.165. The molecule has 21 heavy (non-hydrogen) atoms. The first-order valence-corrected chi connectivity index (χ1v) is 8.06. The fourth-order valence-electron chi connectivity index (χ4n) is 2.41. The Morgan fingerprint density at radius 3 is 2.90 bits per heavy atom. The number of sulfonamides is 1. The molecular weight excluding hydrogens is 295 g/mol. The minimum atomic E-state index is -3.81. The topological polar surface area (TPSA) is 83.6 Å². The summed E-state index contributed by atoms with van der Waals surface area (Å²) in [5.41, 5.74) is 5.37. The summed E-state index contributed by atoms with van der Waals surface area (Å²) in [6.07, 6.45) is 1.30. The fourth-order valence-corrected chi connectivity index (χ4v) is 4.22. The number of hydrogen-bond acceptors (Lipinski definition) is 4. The van der Waals surface area contributed by atoms with Crippen molar-refractivity contribution in [2.75, 3.05) is 19.7 Å². The van der Waals surface area contributed by atoms with E-state index in [2.05, 4.69) is 11.8 Å². The van der Waals surface area contributed by atoms with Crippen molar-refractivity contribution in [3.63, 3.8) is 0 Å². The number of aliphatic hydroxyl groups is 1. The van der Waals surface area contributed by atoms with Crippen molar-refractivity contribution in [1.82, 2.24) is 4.31 Å². The number of rotatable bonds is 3. The van der Waals surface area contributed by atoms with E-state index in [1.807, 2.05) is 0 Å². The van der Waals surface area contributed by atoms with Crippen LogP contribution in [0.25, 0.3) is 0 Å². The summed E-state index contributed by atoms with van der Waals surface area (Å²) in [4.78, 5) is -0.0507. The highest BCUT2D eigenvalue weighted by molar-refractivity contribution is 7.89. The molecule has 0 aliphatic carbocycles. The largest absolute Gasteiger partial charge is 0.395 e. The lowest BCUT2D eigenvalue weighted by atomic mass is 10.2. The summed E-state index contributed by atoms with van der Waals surface area (Å²) in [5, 5.41) is 9.29. The number of hydrogen-bond donors (Lipinski definition) is 2. The molecule has 1 saturated heterocycles. The van der Waals surface area contributed by atoms with Gasteiger partial charge in [-0.05, 0) is 31.0 Å². The molecule has 0 amide bonds. The molecule has 1 aromatic rings. The molecule has 1 aliphatic rings. The zero-order valence-electron chi connectivity index (χ0n) is 11.4. The van der Waals surface area contributed by atoms with Crippen molar-refractivity contribution < 1.29 is 17.9 Å². The predicted octanol–water partition coefficient (Wildman–Crippen LogP) is 0.281. The molecule has 5 nitrogen and oxygen atoms in total. The van der Waals surface area contributed by atoms with Crippen molar-refractivity contribution in [3.8, 4) is 11.8 Å². The van der Waals surface area contributed by atoms with Crippen LogP contribution in [-0.4, -0.2) is 43.6 Å². The summed E-state index contributed by atoms with van der Waals surface area (Å²) < 4.78 is 40.0. The lowest BCUT2D eigenvalue weighted by molar-refractivity contribution is 0.213. The van der Waals surface area contributed by atoms with Crippen molar-refractivity contribution in [2.24, 2.45) is 5.73 Å². The van der Waals surface area contributed by atoms with Gasteiger partial charge in [-0.25, -0.2) is 12.8 Å². The molecule has 0 bridgehead atoms. The highest BCUT2D eigenvalue weighted by Crippen LogP contribution is 2.27. The van der Waals surface area contributed by atoms with Crippen LogP contribution in [0.3, 0.4) is 0 Å². The van der Waals surface area contributed by atoms with E-state index in [9.17, 15) is 17.9 Å². The SMILES string of the molecule is NCC#Cc1cc(F)ccc1S(=O)(=O)N1CCCC1CO. The Kier molecular flexibility index (Phi) is 4.96. The Morgan fingerprint density at radius 1 is 1.48 bits per heavy atom. The summed E-state index contributed by atoms with van der Waals surface area (Å²) >= 11 is 0. The first-order valence-electron chi connectivity index (χ1n) is 6.62. The molecule has 3 N–H and O–H groups in total. The minimum absolute atomic E-state index is 0.0507. The molecule has 114 valence electrons. The molecule has 7 heteroatoms. The fraction of sp³-hybridized carbons (Fsp3) is 0.429. The van der Waals surface area contributed by atoms with E-state index in [-0.39, 0.29) is 23.6 Å². The number of aliphatic hydroxyl groups excluding tert-OH is 1. The van der Waals surface area contributed by atoms with Crippen LogP contribution in [0, 0.1) is 17.7 Å². The lowest BCUT2D eigenvalue weighted by Gasteiger charge is -2.23. The maximum Gasteiger partial charge on any atom is 0.244 e. The van der Waals surface area contributed by atoms with Gasteiger partial charge < -0.3 is 10.8 Å². The van der Waals surface area contributed by atoms with Gasteiger partial charge in [-0.1, -0.05) is 11.8 Å². The van der Waals surface area contributed by atoms with E-state index >= 15 is 0 Å². The van der Waals surface area contributed by atoms with E-state index in [0.29, 0.717) is 19.4 Å². The molecule has 0 aromatic heterocycles. The van der Waals surface area contributed by atoms with Gasteiger partial charge in [0.05, 0.1) is 18.0 Å². The molecule has 1 fully saturated rings. The Morgan fingerprint density at radius 2 is 2.24 bits per heavy atom. The van der Waals surface area contributed by atoms with Gasteiger partial charge >= 0.3 is 0 Å². The van der Waals surface area contributed by atoms with E-state index in [4.69, 9.17) is 5.73 Å². The molecule has 1 unspecified atom stereocenters. The average Bonchev–Trinajstić information content (AvgIpc) is 2.94. The van der Waals surface area contributed by atoms with Crippen LogP contribution in [0.2, 0.25) is 0 Å². The van der Waals surface area contributed by atoms with Crippen LogP contribution in [-0.2, 0) is 10.0 Å². The van der Waals surface area contributed by atoms with Crippen molar-refractivity contribution >= 4 is 10.0 Å². The average molecular weight is 312 g/mol. The van der Waals surface area contributed by atoms with Gasteiger partial charge in [0.2, 0.25) is 10.0 Å². The molecule has 2 rings (SSSR count).